The van der Waals surface area contributed by atoms with E-state index in [1.165, 1.54) is 0 Å². The predicted molar refractivity (Wildman–Crippen MR) is 325 cm³/mol. The highest BCUT2D eigenvalue weighted by molar-refractivity contribution is 5.98. The van der Waals surface area contributed by atoms with Crippen LogP contribution in [-0.4, -0.2) is 110 Å². The quantitative estimate of drug-likeness (QED) is 0.0825. The Labute approximate surface area is 494 Å². The number of carbonyl (C=O) groups excluding carboxylic acids is 2. The van der Waals surface area contributed by atoms with E-state index in [9.17, 15) is 35.4 Å². The number of ketones is 1. The lowest BCUT2D eigenvalue weighted by molar-refractivity contribution is -0.168. The Kier molecular flexibility index (Phi) is 19.4. The maximum absolute atomic E-state index is 15.3. The van der Waals surface area contributed by atoms with Gasteiger partial charge in [0, 0.05) is 68.0 Å². The molecule has 0 aromatic heterocycles. The van der Waals surface area contributed by atoms with Gasteiger partial charge in [-0.1, -0.05) is 121 Å². The number of phenolic OH excluding ortho intramolecular Hbond substituents is 1. The van der Waals surface area contributed by atoms with Crippen molar-refractivity contribution in [2.75, 3.05) is 32.8 Å². The average molecular weight is 1140 g/mol. The maximum atomic E-state index is 15.3. The summed E-state index contributed by atoms with van der Waals surface area (Å²) < 4.78 is 6.23. The van der Waals surface area contributed by atoms with Gasteiger partial charge in [0.1, 0.15) is 30.3 Å². The second-order valence-corrected chi connectivity index (χ2v) is 24.4. The molecule has 2 aliphatic carbocycles. The largest absolute Gasteiger partial charge is 0.508 e. The number of aliphatic imine (C=N–C) groups is 1. The Bertz CT molecular complexity index is 3250. The van der Waals surface area contributed by atoms with Crippen molar-refractivity contribution in [1.82, 2.24) is 21.3 Å². The zero-order valence-corrected chi connectivity index (χ0v) is 49.0. The molecule has 2 bridgehead atoms. The van der Waals surface area contributed by atoms with Crippen LogP contribution in [0.3, 0.4) is 0 Å². The number of β-amino-alcohol motifs (C(OH)–C–C–N with tert-alkyl or cyclic N) is 1. The molecule has 16 heteroatoms. The van der Waals surface area contributed by atoms with E-state index in [4.69, 9.17) is 16.2 Å². The summed E-state index contributed by atoms with van der Waals surface area (Å²) in [7, 11) is 0. The molecule has 12 unspecified atom stereocenters. The standard InChI is InChI=1S/C68H85N7O9/c1-6-74-68(83)32-26-42(2)13-7-8-34-84-40-49(18-9-14-43(68)3)53-28-31-67(61(53)79)56-25-24-51(77)36-45-15-10-16-46(35-45)37-57-55(47-20-22-50(76)23-21-47)39-72-64(70)71-33-12-29-66(57,82)41-73-60-59-48(17-11-19-54(59)62(69)75-63(60)80)38-58(78)44(4)52(56)27-30-65(67,5)81/h9-11,14-23,26,35,51,53,55-57,60-62,73-74,76-77,79,81-83H,3,6,13,24-25,27-32,34,36-41,69H2,1-2,4-5H3,(H,75,80)(H3,70,71,72). The molecule has 2 saturated carbocycles. The van der Waals surface area contributed by atoms with Crippen molar-refractivity contribution in [1.29, 1.82) is 0 Å². The van der Waals surface area contributed by atoms with Gasteiger partial charge in [-0.25, -0.2) is 0 Å². The Morgan fingerprint density at radius 3 is 2.48 bits per heavy atom. The molecule has 2 fully saturated rings. The van der Waals surface area contributed by atoms with Gasteiger partial charge in [-0.3, -0.25) is 20.2 Å². The Balaban J connectivity index is 1.14. The fourth-order valence-electron chi connectivity index (χ4n) is 14.4. The summed E-state index contributed by atoms with van der Waals surface area (Å²) in [6, 6.07) is 22.0. The maximum Gasteiger partial charge on any atom is 0.243 e. The van der Waals surface area contributed by atoms with E-state index in [0.29, 0.717) is 72.9 Å². The van der Waals surface area contributed by atoms with E-state index in [1.807, 2.05) is 93.6 Å². The van der Waals surface area contributed by atoms with Crippen LogP contribution in [0.1, 0.15) is 137 Å². The molecule has 84 heavy (non-hydrogen) atoms. The molecule has 446 valence electrons. The lowest BCUT2D eigenvalue weighted by atomic mass is 9.52. The SMILES string of the molecule is C=C1C=CC=C(C2CCC3(C4CCC(O)Cc5cccc(c5)CC5C(c6ccc(O)cc6)CNC(N)=NC#CCC5(O)CNC5C(=O)NC(N)c6cccc(c65)CC(=O)C(C)=C4CCC3(C)O)C2O)COCC#CCC(C)=CCC1(O)NCC. The lowest BCUT2D eigenvalue weighted by Gasteiger charge is -2.56. The minimum absolute atomic E-state index is 0.0686. The third-order valence-corrected chi connectivity index (χ3v) is 19.1. The Morgan fingerprint density at radius 1 is 0.940 bits per heavy atom. The number of nitrogens with zero attached hydrogens (tertiary/aromatic N) is 1. The number of aliphatic hydroxyl groups is 5. The number of Topliss-reactive ketones (excluding diaryl/α,β-unsaturated/α-hetero) is 1. The first kappa shape index (κ1) is 61.9. The van der Waals surface area contributed by atoms with Crippen molar-refractivity contribution in [3.05, 3.63) is 159 Å². The van der Waals surface area contributed by atoms with Crippen molar-refractivity contribution < 1.29 is 45.0 Å². The van der Waals surface area contributed by atoms with Crippen LogP contribution in [-0.2, 0) is 33.6 Å². The lowest BCUT2D eigenvalue weighted by Crippen LogP contribution is -2.59. The fourth-order valence-corrected chi connectivity index (χ4v) is 14.4. The van der Waals surface area contributed by atoms with E-state index < -0.39 is 76.3 Å². The van der Waals surface area contributed by atoms with Gasteiger partial charge in [-0.05, 0) is 147 Å². The van der Waals surface area contributed by atoms with Gasteiger partial charge >= 0.3 is 0 Å². The molecule has 16 nitrogen and oxygen atoms in total. The molecule has 0 radical (unpaired) electrons. The number of ether oxygens (including phenoxy) is 1. The smallest absolute Gasteiger partial charge is 0.243 e. The highest BCUT2D eigenvalue weighted by atomic mass is 16.5. The molecule has 3 aromatic carbocycles. The van der Waals surface area contributed by atoms with Crippen LogP contribution in [0.2, 0.25) is 0 Å². The Hall–Kier alpha value is -6.67. The molecule has 4 aliphatic heterocycles. The molecule has 0 saturated heterocycles. The monoisotopic (exact) mass is 1140 g/mol. The topological polar surface area (TPSA) is 277 Å². The van der Waals surface area contributed by atoms with E-state index in [1.54, 1.807) is 25.1 Å². The highest BCUT2D eigenvalue weighted by Crippen LogP contribution is 2.63. The summed E-state index contributed by atoms with van der Waals surface area (Å²) in [4.78, 5) is 34.0. The third-order valence-electron chi connectivity index (χ3n) is 19.1. The van der Waals surface area contributed by atoms with Gasteiger partial charge < -0.3 is 57.5 Å². The average Bonchev–Trinajstić information content (AvgIpc) is 3.93. The molecule has 9 rings (SSSR count). The molecule has 4 heterocycles. The molecule has 3 aromatic rings. The van der Waals surface area contributed by atoms with Crippen molar-refractivity contribution >= 4 is 17.6 Å². The molecular weight excluding hydrogens is 1060 g/mol. The third kappa shape index (κ3) is 13.2. The summed E-state index contributed by atoms with van der Waals surface area (Å²) >= 11 is 0. The number of guanidine groups is 1. The van der Waals surface area contributed by atoms with Crippen LogP contribution in [0, 0.1) is 47.0 Å². The fraction of sp³-hybridized carbons (Fsp3) is 0.485. The zero-order chi connectivity index (χ0) is 60.0. The first-order valence-corrected chi connectivity index (χ1v) is 29.8. The number of carbonyl (C=O) groups is 2. The van der Waals surface area contributed by atoms with Crippen LogP contribution < -0.4 is 32.7 Å². The number of hydrogen-bond donors (Lipinski definition) is 12. The Morgan fingerprint density at radius 2 is 1.70 bits per heavy atom. The van der Waals surface area contributed by atoms with Crippen molar-refractivity contribution in [3.8, 4) is 29.6 Å². The van der Waals surface area contributed by atoms with Crippen LogP contribution in [0.5, 0.6) is 5.75 Å². The predicted octanol–water partition coefficient (Wildman–Crippen LogP) is 5.89. The molecule has 1 amide bonds. The number of likely N-dealkylation sites (N-methyl/N-ethyl adjacent to an activating group) is 1. The second-order valence-electron chi connectivity index (χ2n) is 24.4. The van der Waals surface area contributed by atoms with E-state index in [-0.39, 0.29) is 82.3 Å². The first-order chi connectivity index (χ1) is 40.2. The molecule has 14 N–H and O–H groups in total. The summed E-state index contributed by atoms with van der Waals surface area (Å²) in [5.74, 6) is 6.79. The number of allylic oxidation sites excluding steroid dienone is 5. The number of nitrogens with two attached hydrogens (primary N) is 2. The molecule has 1 spiro atoms. The minimum Gasteiger partial charge on any atom is -0.508 e. The van der Waals surface area contributed by atoms with Crippen LogP contribution >= 0.6 is 0 Å². The number of fused-ring (bicyclic) bond motifs is 5. The first-order valence-electron chi connectivity index (χ1n) is 29.8. The van der Waals surface area contributed by atoms with Gasteiger partial charge in [0.15, 0.2) is 5.78 Å². The van der Waals surface area contributed by atoms with Crippen LogP contribution in [0.4, 0.5) is 0 Å². The zero-order valence-electron chi connectivity index (χ0n) is 49.0. The van der Waals surface area contributed by atoms with E-state index in [0.717, 1.165) is 33.4 Å². The number of amides is 1. The van der Waals surface area contributed by atoms with Crippen LogP contribution in [0.25, 0.3) is 0 Å². The normalized spacial score (nSPS) is 33.0. The van der Waals surface area contributed by atoms with Gasteiger partial charge in [-0.15, -0.1) is 0 Å². The number of rotatable bonds is 4. The van der Waals surface area contributed by atoms with Crippen molar-refractivity contribution in [3.63, 3.8) is 0 Å². The van der Waals surface area contributed by atoms with Crippen molar-refractivity contribution in [2.45, 2.75) is 152 Å². The van der Waals surface area contributed by atoms with Gasteiger partial charge in [0.25, 0.3) is 0 Å². The number of aliphatic hydroxyl groups excluding tert-OH is 2. The number of benzene rings is 3. The van der Waals surface area contributed by atoms with Gasteiger partial charge in [0.05, 0.1) is 30.0 Å². The number of aromatic hydroxyl groups is 1. The molecular formula is C68H85N7O9. The number of hydrogen-bond acceptors (Lipinski definition) is 15. The van der Waals surface area contributed by atoms with Crippen molar-refractivity contribution in [2.24, 2.45) is 39.6 Å². The minimum atomic E-state index is -1.65. The number of nitrogens with one attached hydrogen (secondary N) is 4. The van der Waals surface area contributed by atoms with Crippen LogP contribution in [0.15, 0.2) is 130 Å². The van der Waals surface area contributed by atoms with E-state index >= 15 is 4.79 Å². The van der Waals surface area contributed by atoms with Gasteiger partial charge in [-0.2, -0.15) is 4.99 Å². The number of phenols is 1. The summed E-state index contributed by atoms with van der Waals surface area (Å²) in [6.07, 6.45) is 7.94. The molecule has 6 aliphatic rings. The summed E-state index contributed by atoms with van der Waals surface area (Å²) in [5.41, 5.74) is 15.2. The highest BCUT2D eigenvalue weighted by Gasteiger charge is 2.64. The van der Waals surface area contributed by atoms with Gasteiger partial charge in [0.2, 0.25) is 11.9 Å². The van der Waals surface area contributed by atoms with E-state index in [2.05, 4.69) is 56.6 Å². The summed E-state index contributed by atoms with van der Waals surface area (Å²) in [6.45, 7) is 12.7. The summed E-state index contributed by atoms with van der Waals surface area (Å²) in [5, 5.41) is 86.9. The second kappa shape index (κ2) is 26.3. The molecule has 12 atom stereocenters.